The largest absolute Gasteiger partial charge is 0.354 e. The highest BCUT2D eigenvalue weighted by Gasteiger charge is 2.21. The van der Waals surface area contributed by atoms with Gasteiger partial charge in [0.2, 0.25) is 11.8 Å². The number of carbonyl (C=O) groups is 2. The SMILES string of the molecule is NC(C(=O)NCCc1ccccc1)C(=O)NCCc1ccccc1. The molecule has 2 aromatic carbocycles. The molecule has 0 fully saturated rings. The van der Waals surface area contributed by atoms with Crippen LogP contribution in [0.4, 0.5) is 0 Å². The van der Waals surface area contributed by atoms with Gasteiger partial charge in [0, 0.05) is 13.1 Å². The van der Waals surface area contributed by atoms with Crippen molar-refractivity contribution in [3.05, 3.63) is 71.8 Å². The van der Waals surface area contributed by atoms with E-state index in [9.17, 15) is 9.59 Å². The van der Waals surface area contributed by atoms with Crippen LogP contribution in [0.25, 0.3) is 0 Å². The minimum atomic E-state index is -1.18. The maximum absolute atomic E-state index is 11.9. The molecule has 0 unspecified atom stereocenters. The average Bonchev–Trinajstić information content (AvgIpc) is 2.62. The Bertz CT molecular complexity index is 587. The number of benzene rings is 2. The van der Waals surface area contributed by atoms with Crippen LogP contribution in [-0.4, -0.2) is 30.9 Å². The van der Waals surface area contributed by atoms with Crippen molar-refractivity contribution in [2.24, 2.45) is 5.73 Å². The molecule has 2 rings (SSSR count). The van der Waals surface area contributed by atoms with E-state index < -0.39 is 17.9 Å². The van der Waals surface area contributed by atoms with Gasteiger partial charge in [-0.25, -0.2) is 0 Å². The summed E-state index contributed by atoms with van der Waals surface area (Å²) < 4.78 is 0. The predicted octanol–water partition coefficient (Wildman–Crippen LogP) is 1.03. The second-order valence-corrected chi connectivity index (χ2v) is 5.53. The third-order valence-corrected chi connectivity index (χ3v) is 3.68. The van der Waals surface area contributed by atoms with Crippen molar-refractivity contribution in [2.75, 3.05) is 13.1 Å². The Hall–Kier alpha value is -2.66. The first-order valence-corrected chi connectivity index (χ1v) is 8.05. The van der Waals surface area contributed by atoms with Crippen LogP contribution in [0.5, 0.6) is 0 Å². The minimum absolute atomic E-state index is 0.452. The molecule has 0 heterocycles. The molecule has 0 saturated carbocycles. The third-order valence-electron chi connectivity index (χ3n) is 3.68. The van der Waals surface area contributed by atoms with Gasteiger partial charge >= 0.3 is 0 Å². The predicted molar refractivity (Wildman–Crippen MR) is 94.3 cm³/mol. The summed E-state index contributed by atoms with van der Waals surface area (Å²) in [5, 5.41) is 5.39. The quantitative estimate of drug-likeness (QED) is 0.634. The van der Waals surface area contributed by atoms with Crippen LogP contribution in [0.1, 0.15) is 11.1 Å². The minimum Gasteiger partial charge on any atom is -0.354 e. The van der Waals surface area contributed by atoms with Crippen molar-refractivity contribution in [3.8, 4) is 0 Å². The van der Waals surface area contributed by atoms with Crippen molar-refractivity contribution < 1.29 is 9.59 Å². The fourth-order valence-corrected chi connectivity index (χ4v) is 2.29. The standard InChI is InChI=1S/C19H23N3O2/c20-17(18(23)21-13-11-15-7-3-1-4-8-15)19(24)22-14-12-16-9-5-2-6-10-16/h1-10,17H,11-14,20H2,(H,21,23)(H,22,24). The van der Waals surface area contributed by atoms with Gasteiger partial charge in [-0.3, -0.25) is 9.59 Å². The number of carbonyl (C=O) groups excluding carboxylic acids is 2. The van der Waals surface area contributed by atoms with Crippen LogP contribution in [-0.2, 0) is 22.4 Å². The number of rotatable bonds is 8. The van der Waals surface area contributed by atoms with E-state index in [1.807, 2.05) is 60.7 Å². The molecule has 2 amide bonds. The fourth-order valence-electron chi connectivity index (χ4n) is 2.29. The number of hydrogen-bond donors (Lipinski definition) is 3. The Kier molecular flexibility index (Phi) is 6.98. The summed E-state index contributed by atoms with van der Waals surface area (Å²) in [7, 11) is 0. The lowest BCUT2D eigenvalue weighted by Crippen LogP contribution is -2.51. The average molecular weight is 325 g/mol. The zero-order valence-corrected chi connectivity index (χ0v) is 13.6. The Morgan fingerprint density at radius 2 is 1.12 bits per heavy atom. The Labute approximate surface area is 142 Å². The lowest BCUT2D eigenvalue weighted by molar-refractivity contribution is -0.131. The molecular weight excluding hydrogens is 302 g/mol. The first kappa shape index (κ1) is 17.7. The maximum Gasteiger partial charge on any atom is 0.246 e. The smallest absolute Gasteiger partial charge is 0.246 e. The first-order chi connectivity index (χ1) is 11.7. The van der Waals surface area contributed by atoms with E-state index in [1.165, 1.54) is 0 Å². The van der Waals surface area contributed by atoms with E-state index in [-0.39, 0.29) is 0 Å². The van der Waals surface area contributed by atoms with Crippen LogP contribution >= 0.6 is 0 Å². The fraction of sp³-hybridized carbons (Fsp3) is 0.263. The van der Waals surface area contributed by atoms with Crippen LogP contribution in [0.3, 0.4) is 0 Å². The summed E-state index contributed by atoms with van der Waals surface area (Å²) in [5.41, 5.74) is 7.94. The van der Waals surface area contributed by atoms with E-state index in [0.717, 1.165) is 11.1 Å². The number of nitrogens with one attached hydrogen (secondary N) is 2. The Balaban J connectivity index is 1.67. The van der Waals surface area contributed by atoms with Gasteiger partial charge in [-0.1, -0.05) is 60.7 Å². The molecule has 0 bridgehead atoms. The molecule has 0 saturated heterocycles. The second kappa shape index (κ2) is 9.47. The van der Waals surface area contributed by atoms with E-state index in [4.69, 9.17) is 5.73 Å². The molecule has 0 aromatic heterocycles. The van der Waals surface area contributed by atoms with Crippen LogP contribution in [0.2, 0.25) is 0 Å². The zero-order chi connectivity index (χ0) is 17.2. The van der Waals surface area contributed by atoms with Crippen molar-refractivity contribution in [3.63, 3.8) is 0 Å². The highest BCUT2D eigenvalue weighted by atomic mass is 16.2. The lowest BCUT2D eigenvalue weighted by atomic mass is 10.1. The summed E-state index contributed by atoms with van der Waals surface area (Å²) in [6.45, 7) is 0.904. The zero-order valence-electron chi connectivity index (χ0n) is 13.6. The molecule has 2 aromatic rings. The molecule has 5 heteroatoms. The summed E-state index contributed by atoms with van der Waals surface area (Å²) in [4.78, 5) is 23.8. The molecule has 24 heavy (non-hydrogen) atoms. The molecule has 0 atom stereocenters. The second-order valence-electron chi connectivity index (χ2n) is 5.53. The third kappa shape index (κ3) is 5.85. The molecule has 0 spiro atoms. The van der Waals surface area contributed by atoms with Gasteiger partial charge in [-0.15, -0.1) is 0 Å². The van der Waals surface area contributed by atoms with E-state index >= 15 is 0 Å². The van der Waals surface area contributed by atoms with E-state index in [0.29, 0.717) is 25.9 Å². The van der Waals surface area contributed by atoms with Gasteiger partial charge in [-0.05, 0) is 24.0 Å². The van der Waals surface area contributed by atoms with Crippen molar-refractivity contribution in [2.45, 2.75) is 18.9 Å². The first-order valence-electron chi connectivity index (χ1n) is 8.05. The maximum atomic E-state index is 11.9. The van der Waals surface area contributed by atoms with Gasteiger partial charge in [-0.2, -0.15) is 0 Å². The number of amides is 2. The number of hydrogen-bond acceptors (Lipinski definition) is 3. The molecule has 4 N–H and O–H groups in total. The summed E-state index contributed by atoms with van der Waals surface area (Å²) in [6, 6.07) is 18.4. The van der Waals surface area contributed by atoms with Crippen molar-refractivity contribution in [1.82, 2.24) is 10.6 Å². The van der Waals surface area contributed by atoms with Gasteiger partial charge in [0.25, 0.3) is 0 Å². The summed E-state index contributed by atoms with van der Waals surface area (Å²) >= 11 is 0. The van der Waals surface area contributed by atoms with Gasteiger partial charge < -0.3 is 16.4 Å². The van der Waals surface area contributed by atoms with Crippen molar-refractivity contribution in [1.29, 1.82) is 0 Å². The van der Waals surface area contributed by atoms with Gasteiger partial charge in [0.05, 0.1) is 0 Å². The molecule has 0 aliphatic carbocycles. The highest BCUT2D eigenvalue weighted by molar-refractivity contribution is 6.04. The molecule has 126 valence electrons. The van der Waals surface area contributed by atoms with Gasteiger partial charge in [0.1, 0.15) is 0 Å². The Morgan fingerprint density at radius 3 is 1.50 bits per heavy atom. The molecule has 0 aliphatic heterocycles. The molecule has 0 aliphatic rings. The topological polar surface area (TPSA) is 84.2 Å². The normalized spacial score (nSPS) is 10.4. The summed E-state index contributed by atoms with van der Waals surface area (Å²) in [5.74, 6) is -0.911. The van der Waals surface area contributed by atoms with E-state index in [2.05, 4.69) is 10.6 Å². The summed E-state index contributed by atoms with van der Waals surface area (Å²) in [6.07, 6.45) is 1.41. The van der Waals surface area contributed by atoms with E-state index in [1.54, 1.807) is 0 Å². The number of nitrogens with two attached hydrogens (primary N) is 1. The van der Waals surface area contributed by atoms with Crippen LogP contribution in [0, 0.1) is 0 Å². The monoisotopic (exact) mass is 325 g/mol. The molecular formula is C19H23N3O2. The highest BCUT2D eigenvalue weighted by Crippen LogP contribution is 1.99. The lowest BCUT2D eigenvalue weighted by Gasteiger charge is -2.12. The molecule has 5 nitrogen and oxygen atoms in total. The molecule has 0 radical (unpaired) electrons. The van der Waals surface area contributed by atoms with Crippen molar-refractivity contribution >= 4 is 11.8 Å². The Morgan fingerprint density at radius 1 is 0.750 bits per heavy atom. The van der Waals surface area contributed by atoms with Crippen LogP contribution < -0.4 is 16.4 Å². The van der Waals surface area contributed by atoms with Gasteiger partial charge in [0.15, 0.2) is 6.04 Å². The van der Waals surface area contributed by atoms with Crippen LogP contribution in [0.15, 0.2) is 60.7 Å².